The highest BCUT2D eigenvalue weighted by Crippen LogP contribution is 2.23. The Bertz CT molecular complexity index is 795. The molecule has 2 rings (SSSR count). The van der Waals surface area contributed by atoms with Crippen LogP contribution in [0, 0.1) is 0 Å². The second-order valence-corrected chi connectivity index (χ2v) is 7.55. The minimum atomic E-state index is -3.64. The lowest BCUT2D eigenvalue weighted by atomic mass is 10.2. The van der Waals surface area contributed by atoms with Gasteiger partial charge >= 0.3 is 0 Å². The van der Waals surface area contributed by atoms with Crippen molar-refractivity contribution in [1.82, 2.24) is 10.3 Å². The fraction of sp³-hybridized carbons (Fsp3) is 0.250. The SMILES string of the molecule is CC(C(=O)NCc1ccccn1)N(c1ccc(Cl)cc1)S(C)(=O)=O. The van der Waals surface area contributed by atoms with E-state index in [1.807, 2.05) is 6.07 Å². The number of pyridine rings is 1. The average Bonchev–Trinajstić information content (AvgIpc) is 2.54. The molecule has 1 unspecified atom stereocenters. The molecule has 0 radical (unpaired) electrons. The first kappa shape index (κ1) is 18.2. The average molecular weight is 368 g/mol. The normalized spacial score (nSPS) is 12.5. The van der Waals surface area contributed by atoms with Crippen molar-refractivity contribution in [3.8, 4) is 0 Å². The maximum atomic E-state index is 12.4. The van der Waals surface area contributed by atoms with Crippen molar-refractivity contribution in [2.24, 2.45) is 0 Å². The zero-order valence-corrected chi connectivity index (χ0v) is 14.9. The van der Waals surface area contributed by atoms with E-state index >= 15 is 0 Å². The molecule has 0 aliphatic carbocycles. The maximum absolute atomic E-state index is 12.4. The van der Waals surface area contributed by atoms with Gasteiger partial charge in [-0.1, -0.05) is 17.7 Å². The van der Waals surface area contributed by atoms with Crippen molar-refractivity contribution in [3.63, 3.8) is 0 Å². The van der Waals surface area contributed by atoms with Crippen LogP contribution in [0.4, 0.5) is 5.69 Å². The van der Waals surface area contributed by atoms with E-state index in [1.165, 1.54) is 6.92 Å². The van der Waals surface area contributed by atoms with Gasteiger partial charge in [-0.15, -0.1) is 0 Å². The summed E-state index contributed by atoms with van der Waals surface area (Å²) in [4.78, 5) is 16.5. The summed E-state index contributed by atoms with van der Waals surface area (Å²) >= 11 is 5.84. The van der Waals surface area contributed by atoms with Crippen LogP contribution in [0.1, 0.15) is 12.6 Å². The minimum Gasteiger partial charge on any atom is -0.349 e. The standard InChI is InChI=1S/C16H18ClN3O3S/c1-12(16(21)19-11-14-5-3-4-10-18-14)20(24(2,22)23)15-8-6-13(17)7-9-15/h3-10,12H,11H2,1-2H3,(H,19,21). The molecule has 0 fully saturated rings. The first-order valence-electron chi connectivity index (χ1n) is 7.21. The van der Waals surface area contributed by atoms with E-state index in [-0.39, 0.29) is 6.54 Å². The van der Waals surface area contributed by atoms with Crippen LogP contribution in [-0.2, 0) is 21.4 Å². The number of carbonyl (C=O) groups is 1. The zero-order chi connectivity index (χ0) is 17.7. The van der Waals surface area contributed by atoms with Crippen LogP contribution >= 0.6 is 11.6 Å². The number of carbonyl (C=O) groups excluding carboxylic acids is 1. The summed E-state index contributed by atoms with van der Waals surface area (Å²) in [5, 5.41) is 3.18. The Hall–Kier alpha value is -2.12. The number of anilines is 1. The van der Waals surface area contributed by atoms with Crippen molar-refractivity contribution in [3.05, 3.63) is 59.4 Å². The summed E-state index contributed by atoms with van der Waals surface area (Å²) in [6.45, 7) is 1.76. The number of rotatable bonds is 6. The van der Waals surface area contributed by atoms with Gasteiger partial charge in [0.15, 0.2) is 0 Å². The minimum absolute atomic E-state index is 0.224. The van der Waals surface area contributed by atoms with Crippen molar-refractivity contribution in [1.29, 1.82) is 0 Å². The molecular weight excluding hydrogens is 350 g/mol. The van der Waals surface area contributed by atoms with Gasteiger partial charge in [-0.2, -0.15) is 0 Å². The fourth-order valence-corrected chi connectivity index (χ4v) is 3.53. The summed E-state index contributed by atoms with van der Waals surface area (Å²) in [5.74, 6) is -0.416. The molecule has 0 saturated carbocycles. The summed E-state index contributed by atoms with van der Waals surface area (Å²) in [5.41, 5.74) is 1.07. The summed E-state index contributed by atoms with van der Waals surface area (Å²) in [6.07, 6.45) is 2.69. The third kappa shape index (κ3) is 4.69. The number of amides is 1. The predicted octanol–water partition coefficient (Wildman–Crippen LogP) is 2.21. The number of hydrogen-bond donors (Lipinski definition) is 1. The molecule has 1 aromatic carbocycles. The molecule has 1 heterocycles. The van der Waals surface area contributed by atoms with E-state index in [1.54, 1.807) is 42.6 Å². The molecule has 0 spiro atoms. The Morgan fingerprint density at radius 2 is 1.92 bits per heavy atom. The molecular formula is C16H18ClN3O3S. The highest BCUT2D eigenvalue weighted by Gasteiger charge is 2.28. The highest BCUT2D eigenvalue weighted by atomic mass is 35.5. The van der Waals surface area contributed by atoms with Crippen molar-refractivity contribution in [2.75, 3.05) is 10.6 Å². The molecule has 0 saturated heterocycles. The van der Waals surface area contributed by atoms with Gasteiger partial charge in [0.1, 0.15) is 6.04 Å². The number of nitrogens with one attached hydrogen (secondary N) is 1. The van der Waals surface area contributed by atoms with E-state index in [9.17, 15) is 13.2 Å². The molecule has 0 aliphatic heterocycles. The Kier molecular flexibility index (Phi) is 5.80. The lowest BCUT2D eigenvalue weighted by Gasteiger charge is -2.28. The molecule has 1 amide bonds. The van der Waals surface area contributed by atoms with E-state index in [0.717, 1.165) is 10.6 Å². The Morgan fingerprint density at radius 3 is 2.46 bits per heavy atom. The lowest BCUT2D eigenvalue weighted by molar-refractivity contribution is -0.122. The lowest BCUT2D eigenvalue weighted by Crippen LogP contribution is -2.47. The van der Waals surface area contributed by atoms with Crippen LogP contribution in [0.3, 0.4) is 0 Å². The number of hydrogen-bond acceptors (Lipinski definition) is 4. The zero-order valence-electron chi connectivity index (χ0n) is 13.3. The highest BCUT2D eigenvalue weighted by molar-refractivity contribution is 7.92. The molecule has 6 nitrogen and oxygen atoms in total. The van der Waals surface area contributed by atoms with Gasteiger partial charge in [-0.3, -0.25) is 14.1 Å². The molecule has 0 bridgehead atoms. The number of benzene rings is 1. The number of halogens is 1. The number of aromatic nitrogens is 1. The number of sulfonamides is 1. The van der Waals surface area contributed by atoms with Crippen LogP contribution in [-0.4, -0.2) is 31.6 Å². The van der Waals surface area contributed by atoms with Crippen LogP contribution in [0.5, 0.6) is 0 Å². The third-order valence-electron chi connectivity index (χ3n) is 3.34. The van der Waals surface area contributed by atoms with Gasteiger partial charge in [-0.05, 0) is 43.3 Å². The quantitative estimate of drug-likeness (QED) is 0.848. The van der Waals surface area contributed by atoms with Crippen molar-refractivity contribution >= 4 is 33.2 Å². The smallest absolute Gasteiger partial charge is 0.243 e. The number of nitrogens with zero attached hydrogens (tertiary/aromatic N) is 2. The maximum Gasteiger partial charge on any atom is 0.243 e. The molecule has 2 aromatic rings. The van der Waals surface area contributed by atoms with Crippen LogP contribution < -0.4 is 9.62 Å². The van der Waals surface area contributed by atoms with Gasteiger partial charge in [0.2, 0.25) is 15.9 Å². The van der Waals surface area contributed by atoms with E-state index in [0.29, 0.717) is 16.4 Å². The molecule has 1 N–H and O–H groups in total. The Balaban J connectivity index is 2.17. The van der Waals surface area contributed by atoms with Crippen LogP contribution in [0.2, 0.25) is 5.02 Å². The van der Waals surface area contributed by atoms with E-state index < -0.39 is 22.0 Å². The van der Waals surface area contributed by atoms with Gasteiger partial charge < -0.3 is 5.32 Å². The summed E-state index contributed by atoms with van der Waals surface area (Å²) in [7, 11) is -3.64. The molecule has 1 aromatic heterocycles. The molecule has 24 heavy (non-hydrogen) atoms. The fourth-order valence-electron chi connectivity index (χ4n) is 2.22. The second kappa shape index (κ2) is 7.63. The van der Waals surface area contributed by atoms with Gasteiger partial charge in [0, 0.05) is 11.2 Å². The predicted molar refractivity (Wildman–Crippen MR) is 94.3 cm³/mol. The Morgan fingerprint density at radius 1 is 1.25 bits per heavy atom. The van der Waals surface area contributed by atoms with E-state index in [2.05, 4.69) is 10.3 Å². The third-order valence-corrected chi connectivity index (χ3v) is 4.83. The van der Waals surface area contributed by atoms with Gasteiger partial charge in [0.05, 0.1) is 24.2 Å². The molecule has 8 heteroatoms. The van der Waals surface area contributed by atoms with E-state index in [4.69, 9.17) is 11.6 Å². The largest absolute Gasteiger partial charge is 0.349 e. The monoisotopic (exact) mass is 367 g/mol. The van der Waals surface area contributed by atoms with Crippen LogP contribution in [0.25, 0.3) is 0 Å². The summed E-state index contributed by atoms with van der Waals surface area (Å²) in [6, 6.07) is 10.7. The van der Waals surface area contributed by atoms with Crippen LogP contribution in [0.15, 0.2) is 48.7 Å². The Labute approximate surface area is 146 Å². The first-order chi connectivity index (χ1) is 11.3. The van der Waals surface area contributed by atoms with Gasteiger partial charge in [0.25, 0.3) is 0 Å². The van der Waals surface area contributed by atoms with Crippen molar-refractivity contribution in [2.45, 2.75) is 19.5 Å². The molecule has 1 atom stereocenters. The molecule has 0 aliphatic rings. The topological polar surface area (TPSA) is 79.4 Å². The summed E-state index contributed by atoms with van der Waals surface area (Å²) < 4.78 is 25.3. The first-order valence-corrected chi connectivity index (χ1v) is 9.44. The second-order valence-electron chi connectivity index (χ2n) is 5.25. The van der Waals surface area contributed by atoms with Crippen molar-refractivity contribution < 1.29 is 13.2 Å². The van der Waals surface area contributed by atoms with Gasteiger partial charge in [-0.25, -0.2) is 8.42 Å². The molecule has 128 valence electrons.